The van der Waals surface area contributed by atoms with E-state index in [1.165, 1.54) is 4.88 Å². The lowest BCUT2D eigenvalue weighted by molar-refractivity contribution is 1.50. The molecule has 0 fully saturated rings. The van der Waals surface area contributed by atoms with Crippen molar-refractivity contribution in [3.63, 3.8) is 0 Å². The number of allylic oxidation sites excluding steroid dienone is 1. The van der Waals surface area contributed by atoms with Crippen LogP contribution in [-0.4, -0.2) is 4.37 Å². The van der Waals surface area contributed by atoms with E-state index in [0.29, 0.717) is 0 Å². The Labute approximate surface area is 59.2 Å². The lowest BCUT2D eigenvalue weighted by Gasteiger charge is -1.74. The molecule has 0 amide bonds. The first-order valence-electron chi connectivity index (χ1n) is 2.89. The molecule has 1 aromatic heterocycles. The van der Waals surface area contributed by atoms with Crippen LogP contribution in [0.5, 0.6) is 0 Å². The van der Waals surface area contributed by atoms with Crippen LogP contribution in [0.3, 0.4) is 0 Å². The summed E-state index contributed by atoms with van der Waals surface area (Å²) in [5, 5.41) is 0. The van der Waals surface area contributed by atoms with Gasteiger partial charge in [-0.2, -0.15) is 4.37 Å². The quantitative estimate of drug-likeness (QED) is 0.582. The summed E-state index contributed by atoms with van der Waals surface area (Å²) in [6.45, 7) is 4.05. The van der Waals surface area contributed by atoms with Gasteiger partial charge in [-0.05, 0) is 37.5 Å². The predicted molar refractivity (Wildman–Crippen MR) is 41.6 cm³/mol. The van der Waals surface area contributed by atoms with E-state index in [1.807, 2.05) is 19.1 Å². The molecule has 0 saturated carbocycles. The Kier molecular flexibility index (Phi) is 2.01. The summed E-state index contributed by atoms with van der Waals surface area (Å²) < 4.78 is 4.16. The molecule has 48 valence electrons. The molecular weight excluding hydrogens is 130 g/mol. The molecule has 0 aromatic carbocycles. The second-order valence-corrected chi connectivity index (χ2v) is 2.87. The smallest absolute Gasteiger partial charge is 0.0767 e. The predicted octanol–water partition coefficient (Wildman–Crippen LogP) is 2.48. The zero-order chi connectivity index (χ0) is 6.69. The molecule has 0 unspecified atom stereocenters. The molecule has 1 nitrogen and oxygen atoms in total. The van der Waals surface area contributed by atoms with Crippen molar-refractivity contribution in [2.75, 3.05) is 0 Å². The monoisotopic (exact) mass is 139 g/mol. The van der Waals surface area contributed by atoms with Crippen LogP contribution in [0.2, 0.25) is 0 Å². The number of aryl methyl sites for hydroxylation is 1. The van der Waals surface area contributed by atoms with Crippen LogP contribution in [0.4, 0.5) is 0 Å². The van der Waals surface area contributed by atoms with E-state index in [1.54, 1.807) is 11.5 Å². The Morgan fingerprint density at radius 2 is 2.44 bits per heavy atom. The molecule has 0 saturated heterocycles. The number of aromatic nitrogens is 1. The van der Waals surface area contributed by atoms with Gasteiger partial charge < -0.3 is 0 Å². The summed E-state index contributed by atoms with van der Waals surface area (Å²) in [5.74, 6) is 0. The Hall–Kier alpha value is -0.630. The summed E-state index contributed by atoms with van der Waals surface area (Å²) in [6.07, 6.45) is 4.00. The van der Waals surface area contributed by atoms with E-state index >= 15 is 0 Å². The molecule has 1 heterocycles. The normalized spacial score (nSPS) is 10.9. The fraction of sp³-hybridized carbons (Fsp3) is 0.286. The van der Waals surface area contributed by atoms with Crippen LogP contribution in [0.1, 0.15) is 17.5 Å². The molecule has 0 aliphatic rings. The minimum absolute atomic E-state index is 1.07. The Morgan fingerprint density at radius 3 is 2.89 bits per heavy atom. The van der Waals surface area contributed by atoms with E-state index in [4.69, 9.17) is 0 Å². The molecular formula is C7H9NS. The van der Waals surface area contributed by atoms with Gasteiger partial charge in [0, 0.05) is 4.88 Å². The zero-order valence-corrected chi connectivity index (χ0v) is 6.40. The van der Waals surface area contributed by atoms with Crippen molar-refractivity contribution in [1.82, 2.24) is 4.37 Å². The maximum atomic E-state index is 4.16. The summed E-state index contributed by atoms with van der Waals surface area (Å²) >= 11 is 1.54. The van der Waals surface area contributed by atoms with Gasteiger partial charge in [0.25, 0.3) is 0 Å². The van der Waals surface area contributed by atoms with Gasteiger partial charge in [0.15, 0.2) is 0 Å². The standard InChI is InChI=1S/C7H9NS/c1-3-4-7-5-6(2)9-8-7/h3-5H,1-2H3/b4-3+. The average molecular weight is 139 g/mol. The summed E-state index contributed by atoms with van der Waals surface area (Å²) in [7, 11) is 0. The molecule has 0 atom stereocenters. The first-order chi connectivity index (χ1) is 4.33. The van der Waals surface area contributed by atoms with Gasteiger partial charge in [-0.3, -0.25) is 0 Å². The van der Waals surface area contributed by atoms with Gasteiger partial charge in [0.2, 0.25) is 0 Å². The van der Waals surface area contributed by atoms with Gasteiger partial charge >= 0.3 is 0 Å². The molecule has 0 spiro atoms. The van der Waals surface area contributed by atoms with Crippen LogP contribution >= 0.6 is 11.5 Å². The second kappa shape index (κ2) is 2.78. The highest BCUT2D eigenvalue weighted by Gasteiger charge is 1.89. The molecule has 1 aromatic rings. The lowest BCUT2D eigenvalue weighted by atomic mass is 10.3. The topological polar surface area (TPSA) is 12.9 Å². The third-order valence-corrected chi connectivity index (χ3v) is 1.69. The first-order valence-corrected chi connectivity index (χ1v) is 3.66. The fourth-order valence-electron chi connectivity index (χ4n) is 0.635. The van der Waals surface area contributed by atoms with Crippen molar-refractivity contribution in [1.29, 1.82) is 0 Å². The zero-order valence-electron chi connectivity index (χ0n) is 5.59. The SMILES string of the molecule is C/C=C/c1cc(C)sn1. The minimum Gasteiger partial charge on any atom is -0.193 e. The lowest BCUT2D eigenvalue weighted by Crippen LogP contribution is -1.62. The number of hydrogen-bond donors (Lipinski definition) is 0. The average Bonchev–Trinajstić information content (AvgIpc) is 2.17. The van der Waals surface area contributed by atoms with Crippen LogP contribution < -0.4 is 0 Å². The molecule has 9 heavy (non-hydrogen) atoms. The van der Waals surface area contributed by atoms with Crippen molar-refractivity contribution in [3.05, 3.63) is 22.7 Å². The third-order valence-electron chi connectivity index (χ3n) is 0.984. The van der Waals surface area contributed by atoms with Crippen LogP contribution in [0, 0.1) is 6.92 Å². The molecule has 0 aliphatic carbocycles. The molecule has 0 bridgehead atoms. The maximum absolute atomic E-state index is 4.16. The highest BCUT2D eigenvalue weighted by Crippen LogP contribution is 2.08. The van der Waals surface area contributed by atoms with Gasteiger partial charge in [-0.1, -0.05) is 6.08 Å². The van der Waals surface area contributed by atoms with Gasteiger partial charge in [0.05, 0.1) is 5.69 Å². The van der Waals surface area contributed by atoms with E-state index in [2.05, 4.69) is 17.4 Å². The molecule has 2 heteroatoms. The second-order valence-electron chi connectivity index (χ2n) is 1.86. The van der Waals surface area contributed by atoms with Crippen molar-refractivity contribution >= 4 is 17.6 Å². The van der Waals surface area contributed by atoms with E-state index in [-0.39, 0.29) is 0 Å². The maximum Gasteiger partial charge on any atom is 0.0767 e. The third kappa shape index (κ3) is 1.64. The molecule has 0 N–H and O–H groups in total. The number of nitrogens with zero attached hydrogens (tertiary/aromatic N) is 1. The highest BCUT2D eigenvalue weighted by molar-refractivity contribution is 7.05. The van der Waals surface area contributed by atoms with E-state index in [0.717, 1.165) is 5.69 Å². The summed E-state index contributed by atoms with van der Waals surface area (Å²) in [6, 6.07) is 2.07. The summed E-state index contributed by atoms with van der Waals surface area (Å²) in [4.78, 5) is 1.27. The Bertz CT molecular complexity index is 212. The van der Waals surface area contributed by atoms with Crippen LogP contribution in [0.15, 0.2) is 12.1 Å². The van der Waals surface area contributed by atoms with Crippen LogP contribution in [0.25, 0.3) is 6.08 Å². The first kappa shape index (κ1) is 6.49. The largest absolute Gasteiger partial charge is 0.193 e. The fourth-order valence-corrected chi connectivity index (χ4v) is 1.17. The molecule has 0 aliphatic heterocycles. The van der Waals surface area contributed by atoms with E-state index < -0.39 is 0 Å². The van der Waals surface area contributed by atoms with Gasteiger partial charge in [-0.15, -0.1) is 0 Å². The van der Waals surface area contributed by atoms with E-state index in [9.17, 15) is 0 Å². The Balaban J connectivity index is 2.85. The highest BCUT2D eigenvalue weighted by atomic mass is 32.1. The Morgan fingerprint density at radius 1 is 1.67 bits per heavy atom. The summed E-state index contributed by atoms with van der Waals surface area (Å²) in [5.41, 5.74) is 1.07. The van der Waals surface area contributed by atoms with Gasteiger partial charge in [-0.25, -0.2) is 0 Å². The molecule has 1 rings (SSSR count). The van der Waals surface area contributed by atoms with Crippen molar-refractivity contribution in [3.8, 4) is 0 Å². The van der Waals surface area contributed by atoms with Gasteiger partial charge in [0.1, 0.15) is 0 Å². The molecule has 0 radical (unpaired) electrons. The van der Waals surface area contributed by atoms with Crippen LogP contribution in [-0.2, 0) is 0 Å². The van der Waals surface area contributed by atoms with Crippen molar-refractivity contribution in [2.24, 2.45) is 0 Å². The van der Waals surface area contributed by atoms with Crippen molar-refractivity contribution < 1.29 is 0 Å². The number of hydrogen-bond acceptors (Lipinski definition) is 2. The number of rotatable bonds is 1. The minimum atomic E-state index is 1.07. The van der Waals surface area contributed by atoms with Crippen molar-refractivity contribution in [2.45, 2.75) is 13.8 Å².